The summed E-state index contributed by atoms with van der Waals surface area (Å²) in [4.78, 5) is 66.9. The van der Waals surface area contributed by atoms with Gasteiger partial charge >= 0.3 is 0 Å². The van der Waals surface area contributed by atoms with Crippen LogP contribution >= 0.6 is 23.2 Å². The van der Waals surface area contributed by atoms with Crippen molar-refractivity contribution in [2.45, 2.75) is 63.7 Å². The van der Waals surface area contributed by atoms with Crippen LogP contribution in [0.15, 0.2) is 36.4 Å². The molecule has 2 heterocycles. The number of amides is 4. The van der Waals surface area contributed by atoms with Crippen LogP contribution in [0, 0.1) is 12.8 Å². The van der Waals surface area contributed by atoms with Crippen molar-refractivity contribution in [3.63, 3.8) is 0 Å². The lowest BCUT2D eigenvalue weighted by atomic mass is 9.92. The molecule has 0 aromatic heterocycles. The summed E-state index contributed by atoms with van der Waals surface area (Å²) in [5.41, 5.74) is 2.43. The fraction of sp³-hybridized carbons (Fsp3) is 0.433. The van der Waals surface area contributed by atoms with Gasteiger partial charge in [0.1, 0.15) is 11.8 Å². The number of rotatable bonds is 10. The first-order valence-corrected chi connectivity index (χ1v) is 14.7. The average molecular weight is 616 g/mol. The van der Waals surface area contributed by atoms with E-state index in [1.807, 2.05) is 24.3 Å². The molecule has 2 aromatic carbocycles. The molecule has 0 bridgehead atoms. The second-order valence-corrected chi connectivity index (χ2v) is 11.9. The lowest BCUT2D eigenvalue weighted by Gasteiger charge is -2.36. The van der Waals surface area contributed by atoms with Crippen molar-refractivity contribution >= 4 is 52.6 Å². The van der Waals surface area contributed by atoms with Gasteiger partial charge in [-0.15, -0.1) is 0 Å². The van der Waals surface area contributed by atoms with Gasteiger partial charge in [-0.05, 0) is 61.4 Å². The molecular weight excluding hydrogens is 583 g/mol. The summed E-state index contributed by atoms with van der Waals surface area (Å²) < 4.78 is 5.78. The summed E-state index contributed by atoms with van der Waals surface area (Å²) >= 11 is 12.3. The number of carbonyl (C=O) groups is 5. The van der Waals surface area contributed by atoms with E-state index in [0.29, 0.717) is 29.3 Å². The lowest BCUT2D eigenvalue weighted by Crippen LogP contribution is -2.57. The normalized spacial score (nSPS) is 20.3. The van der Waals surface area contributed by atoms with E-state index < -0.39 is 41.5 Å². The third-order valence-electron chi connectivity index (χ3n) is 7.86. The molecule has 222 valence electrons. The van der Waals surface area contributed by atoms with Gasteiger partial charge in [0.15, 0.2) is 6.61 Å². The van der Waals surface area contributed by atoms with Gasteiger partial charge in [-0.1, -0.05) is 47.5 Å². The molecule has 5 rings (SSSR count). The average Bonchev–Trinajstić information content (AvgIpc) is 3.69. The molecule has 3 atom stereocenters. The molecule has 2 aliphatic heterocycles. The van der Waals surface area contributed by atoms with Crippen LogP contribution in [0.3, 0.4) is 0 Å². The predicted octanol–water partition coefficient (Wildman–Crippen LogP) is 2.49. The number of fused-ring (bicyclic) bond motifs is 1. The van der Waals surface area contributed by atoms with Gasteiger partial charge in [0.25, 0.3) is 11.8 Å². The molecule has 0 unspecified atom stereocenters. The summed E-state index contributed by atoms with van der Waals surface area (Å²) in [7, 11) is 0. The number of hydrogen-bond acceptors (Lipinski definition) is 6. The summed E-state index contributed by atoms with van der Waals surface area (Å²) in [6, 6.07) is 8.43. The molecule has 2 aromatic rings. The number of carbonyl (C=O) groups excluding carboxylic acids is 5. The highest BCUT2D eigenvalue weighted by Crippen LogP contribution is 2.32. The molecule has 2 fully saturated rings. The molecule has 12 heteroatoms. The highest BCUT2D eigenvalue weighted by molar-refractivity contribution is 6.38. The quantitative estimate of drug-likeness (QED) is 0.352. The lowest BCUT2D eigenvalue weighted by molar-refractivity contribution is -0.145. The Hall–Kier alpha value is -3.63. The zero-order chi connectivity index (χ0) is 30.0. The van der Waals surface area contributed by atoms with Crippen LogP contribution in [0.25, 0.3) is 0 Å². The second-order valence-electron chi connectivity index (χ2n) is 11.0. The Labute approximate surface area is 253 Å². The van der Waals surface area contributed by atoms with Crippen LogP contribution in [0.4, 0.5) is 0 Å². The zero-order valence-corrected chi connectivity index (χ0v) is 24.6. The molecule has 0 spiro atoms. The van der Waals surface area contributed by atoms with Crippen molar-refractivity contribution < 1.29 is 28.7 Å². The number of benzene rings is 2. The summed E-state index contributed by atoms with van der Waals surface area (Å²) in [6.45, 7) is 1.98. The minimum atomic E-state index is -1.22. The second kappa shape index (κ2) is 12.7. The van der Waals surface area contributed by atoms with Crippen LogP contribution in [0.2, 0.25) is 10.0 Å². The Kier molecular flexibility index (Phi) is 9.03. The fourth-order valence-electron chi connectivity index (χ4n) is 5.40. The van der Waals surface area contributed by atoms with E-state index in [2.05, 4.69) is 16.0 Å². The summed E-state index contributed by atoms with van der Waals surface area (Å²) in [6.07, 6.45) is 2.27. The Morgan fingerprint density at radius 3 is 2.50 bits per heavy atom. The van der Waals surface area contributed by atoms with Gasteiger partial charge < -0.3 is 25.6 Å². The van der Waals surface area contributed by atoms with Gasteiger partial charge in [-0.25, -0.2) is 0 Å². The predicted molar refractivity (Wildman–Crippen MR) is 155 cm³/mol. The van der Waals surface area contributed by atoms with Crippen molar-refractivity contribution in [3.8, 4) is 5.75 Å². The molecule has 3 aliphatic rings. The van der Waals surface area contributed by atoms with Crippen LogP contribution in [-0.4, -0.2) is 65.6 Å². The molecule has 1 saturated carbocycles. The number of Topliss-reactive ketones (excluding diaryl/α,β-unsaturated/α-hetero) is 1. The third kappa shape index (κ3) is 6.87. The molecule has 1 saturated heterocycles. The fourth-order valence-corrected chi connectivity index (χ4v) is 6.05. The maximum Gasteiger partial charge on any atom is 0.289 e. The molecule has 4 amide bonds. The van der Waals surface area contributed by atoms with Crippen LogP contribution in [0.5, 0.6) is 5.75 Å². The van der Waals surface area contributed by atoms with Crippen LogP contribution in [0.1, 0.15) is 42.4 Å². The molecule has 3 N–H and O–H groups in total. The van der Waals surface area contributed by atoms with E-state index in [1.54, 1.807) is 13.0 Å². The van der Waals surface area contributed by atoms with Crippen molar-refractivity contribution in [2.75, 3.05) is 13.2 Å². The SMILES string of the molecule is Cc1cc(Cl)cc(Cl)c1OCC(=O)N1Cc2ccccc2C[C@H]1C(=O)N[C@@H](C[C@@H]1CCNC1=O)C(=O)C(=O)NC1CC1. The van der Waals surface area contributed by atoms with Gasteiger partial charge in [-0.3, -0.25) is 24.0 Å². The minimum Gasteiger partial charge on any atom is -0.482 e. The highest BCUT2D eigenvalue weighted by atomic mass is 35.5. The Morgan fingerprint density at radius 1 is 1.10 bits per heavy atom. The number of ether oxygens (including phenoxy) is 1. The first-order valence-electron chi connectivity index (χ1n) is 14.0. The Bertz CT molecular complexity index is 1410. The van der Waals surface area contributed by atoms with Crippen LogP contribution < -0.4 is 20.7 Å². The van der Waals surface area contributed by atoms with Gasteiger partial charge in [-0.2, -0.15) is 0 Å². The maximum absolute atomic E-state index is 13.8. The summed E-state index contributed by atoms with van der Waals surface area (Å²) in [5.74, 6) is -3.06. The number of halogens is 2. The van der Waals surface area contributed by atoms with Crippen LogP contribution in [-0.2, 0) is 36.9 Å². The van der Waals surface area contributed by atoms with E-state index in [0.717, 1.165) is 24.0 Å². The molecule has 1 aliphatic carbocycles. The standard InChI is InChI=1S/C30H32Cl2N4O6/c1-16-10-20(31)13-22(32)27(16)42-15-25(37)36-14-19-5-3-2-4-17(19)12-24(36)29(40)35-23(11-18-8-9-33-28(18)39)26(38)30(41)34-21-6-7-21/h2-5,10,13,18,21,23-24H,6-9,11-12,14-15H2,1H3,(H,33,39)(H,34,41)(H,35,40)/t18-,23-,24-/m0/s1. The first-order chi connectivity index (χ1) is 20.1. The maximum atomic E-state index is 13.8. The van der Waals surface area contributed by atoms with Crippen molar-refractivity contribution in [3.05, 3.63) is 63.1 Å². The van der Waals surface area contributed by atoms with Crippen molar-refractivity contribution in [1.82, 2.24) is 20.9 Å². The molecule has 0 radical (unpaired) electrons. The van der Waals surface area contributed by atoms with E-state index in [9.17, 15) is 24.0 Å². The summed E-state index contributed by atoms with van der Waals surface area (Å²) in [5, 5.41) is 8.81. The van der Waals surface area contributed by atoms with Crippen molar-refractivity contribution in [1.29, 1.82) is 0 Å². The molecule has 42 heavy (non-hydrogen) atoms. The Balaban J connectivity index is 1.35. The molecular formula is C30H32Cl2N4O6. The third-order valence-corrected chi connectivity index (χ3v) is 8.36. The number of nitrogens with one attached hydrogen (secondary N) is 3. The van der Waals surface area contributed by atoms with Crippen molar-refractivity contribution in [2.24, 2.45) is 5.92 Å². The van der Waals surface area contributed by atoms with E-state index in [-0.39, 0.29) is 43.0 Å². The zero-order valence-electron chi connectivity index (χ0n) is 23.1. The van der Waals surface area contributed by atoms with Gasteiger partial charge in [0.2, 0.25) is 17.6 Å². The van der Waals surface area contributed by atoms with E-state index in [1.165, 1.54) is 11.0 Å². The van der Waals surface area contributed by atoms with Gasteiger partial charge in [0, 0.05) is 36.5 Å². The van der Waals surface area contributed by atoms with Gasteiger partial charge in [0.05, 0.1) is 11.1 Å². The number of aryl methyl sites for hydroxylation is 1. The Morgan fingerprint density at radius 2 is 1.83 bits per heavy atom. The number of nitrogens with zero attached hydrogens (tertiary/aromatic N) is 1. The number of ketones is 1. The molecule has 10 nitrogen and oxygen atoms in total. The largest absolute Gasteiger partial charge is 0.482 e. The number of hydrogen-bond donors (Lipinski definition) is 3. The minimum absolute atomic E-state index is 0.0107. The first kappa shape index (κ1) is 29.8. The monoisotopic (exact) mass is 614 g/mol. The highest BCUT2D eigenvalue weighted by Gasteiger charge is 2.40. The smallest absolute Gasteiger partial charge is 0.289 e. The van der Waals surface area contributed by atoms with E-state index >= 15 is 0 Å². The van der Waals surface area contributed by atoms with E-state index in [4.69, 9.17) is 27.9 Å². The topological polar surface area (TPSA) is 134 Å².